The molecule has 1 aromatic carbocycles. The number of nitrogens with one attached hydrogen (secondary N) is 1. The Kier molecular flexibility index (Phi) is 4.85. The summed E-state index contributed by atoms with van der Waals surface area (Å²) in [5.74, 6) is 0.760. The van der Waals surface area contributed by atoms with Crippen LogP contribution in [-0.2, 0) is 0 Å². The lowest BCUT2D eigenvalue weighted by atomic mass is 9.75. The fraction of sp³-hybridized carbons (Fsp3) is 0.647. The first kappa shape index (κ1) is 15.5. The van der Waals surface area contributed by atoms with Crippen LogP contribution in [0.25, 0.3) is 0 Å². The van der Waals surface area contributed by atoms with Gasteiger partial charge in [-0.25, -0.2) is 0 Å². The van der Waals surface area contributed by atoms with Crippen LogP contribution in [-0.4, -0.2) is 12.1 Å². The Morgan fingerprint density at radius 1 is 1.35 bits per heavy atom. The molecule has 0 aromatic heterocycles. The normalized spacial score (nSPS) is 21.8. The molecule has 1 saturated carbocycles. The van der Waals surface area contributed by atoms with Gasteiger partial charge < -0.3 is 10.1 Å². The quantitative estimate of drug-likeness (QED) is 0.791. The van der Waals surface area contributed by atoms with Gasteiger partial charge in [0.05, 0.1) is 11.1 Å². The summed E-state index contributed by atoms with van der Waals surface area (Å²) in [6.45, 7) is 8.72. The minimum atomic E-state index is 0.144. The Balaban J connectivity index is 2.01. The third-order valence-corrected chi connectivity index (χ3v) is 4.17. The number of anilines is 1. The Morgan fingerprint density at radius 3 is 2.70 bits per heavy atom. The maximum atomic E-state index is 6.28. The lowest BCUT2D eigenvalue weighted by Crippen LogP contribution is -2.31. The molecular formula is C17H26ClNO. The van der Waals surface area contributed by atoms with Crippen molar-refractivity contribution in [2.45, 2.75) is 65.5 Å². The summed E-state index contributed by atoms with van der Waals surface area (Å²) in [7, 11) is 0. The number of ether oxygens (including phenoxy) is 1. The third kappa shape index (κ3) is 4.31. The minimum Gasteiger partial charge on any atom is -0.489 e. The first-order valence-electron chi connectivity index (χ1n) is 7.58. The highest BCUT2D eigenvalue weighted by Gasteiger charge is 2.27. The van der Waals surface area contributed by atoms with Crippen LogP contribution in [0.2, 0.25) is 5.02 Å². The van der Waals surface area contributed by atoms with Gasteiger partial charge in [0.25, 0.3) is 0 Å². The second kappa shape index (κ2) is 6.26. The molecule has 0 bridgehead atoms. The van der Waals surface area contributed by atoms with Crippen molar-refractivity contribution in [1.29, 1.82) is 0 Å². The van der Waals surface area contributed by atoms with Crippen molar-refractivity contribution in [2.75, 3.05) is 5.32 Å². The van der Waals surface area contributed by atoms with E-state index < -0.39 is 0 Å². The van der Waals surface area contributed by atoms with Gasteiger partial charge in [-0.15, -0.1) is 0 Å². The van der Waals surface area contributed by atoms with Crippen molar-refractivity contribution in [3.63, 3.8) is 0 Å². The second-order valence-corrected chi connectivity index (χ2v) is 7.32. The van der Waals surface area contributed by atoms with Crippen molar-refractivity contribution in [2.24, 2.45) is 5.41 Å². The Bertz CT molecular complexity index is 456. The van der Waals surface area contributed by atoms with Gasteiger partial charge in [-0.3, -0.25) is 0 Å². The summed E-state index contributed by atoms with van der Waals surface area (Å²) >= 11 is 6.28. The first-order valence-corrected chi connectivity index (χ1v) is 7.96. The van der Waals surface area contributed by atoms with Crippen LogP contribution >= 0.6 is 11.6 Å². The maximum Gasteiger partial charge on any atom is 0.138 e. The molecular weight excluding hydrogens is 270 g/mol. The molecule has 0 aliphatic heterocycles. The van der Waals surface area contributed by atoms with E-state index in [4.69, 9.17) is 16.3 Å². The number of hydrogen-bond acceptors (Lipinski definition) is 2. The molecule has 1 N–H and O–H groups in total. The summed E-state index contributed by atoms with van der Waals surface area (Å²) in [6.07, 6.45) is 5.23. The van der Waals surface area contributed by atoms with E-state index in [1.807, 2.05) is 26.0 Å². The van der Waals surface area contributed by atoms with Gasteiger partial charge >= 0.3 is 0 Å². The van der Waals surface area contributed by atoms with E-state index in [1.165, 1.54) is 25.7 Å². The van der Waals surface area contributed by atoms with Crippen LogP contribution in [0.3, 0.4) is 0 Å². The monoisotopic (exact) mass is 295 g/mol. The molecule has 0 saturated heterocycles. The molecule has 1 atom stereocenters. The molecule has 0 amide bonds. The summed E-state index contributed by atoms with van der Waals surface area (Å²) in [5.41, 5.74) is 1.54. The number of hydrogen-bond donors (Lipinski definition) is 1. The smallest absolute Gasteiger partial charge is 0.138 e. The topological polar surface area (TPSA) is 21.3 Å². The van der Waals surface area contributed by atoms with E-state index >= 15 is 0 Å². The zero-order valence-corrected chi connectivity index (χ0v) is 13.8. The molecule has 112 valence electrons. The maximum absolute atomic E-state index is 6.28. The average Bonchev–Trinajstić information content (AvgIpc) is 2.31. The van der Waals surface area contributed by atoms with Gasteiger partial charge in [0.1, 0.15) is 5.75 Å². The summed E-state index contributed by atoms with van der Waals surface area (Å²) in [5, 5.41) is 4.30. The van der Waals surface area contributed by atoms with Gasteiger partial charge in [0.15, 0.2) is 0 Å². The van der Waals surface area contributed by atoms with Gasteiger partial charge in [-0.1, -0.05) is 31.9 Å². The fourth-order valence-corrected chi connectivity index (χ4v) is 3.22. The van der Waals surface area contributed by atoms with Gasteiger partial charge in [0, 0.05) is 11.7 Å². The average molecular weight is 296 g/mol. The summed E-state index contributed by atoms with van der Waals surface area (Å²) in [4.78, 5) is 0. The van der Waals surface area contributed by atoms with Gasteiger partial charge in [-0.05, 0) is 56.7 Å². The minimum absolute atomic E-state index is 0.144. The molecule has 3 heteroatoms. The summed E-state index contributed by atoms with van der Waals surface area (Å²) < 4.78 is 5.66. The van der Waals surface area contributed by atoms with E-state index in [0.717, 1.165) is 11.4 Å². The molecule has 1 aliphatic rings. The molecule has 0 radical (unpaired) electrons. The SMILES string of the molecule is CC(C)Oc1ccc(NC2CCCC(C)(C)C2)cc1Cl. The molecule has 1 fully saturated rings. The predicted octanol–water partition coefficient (Wildman–Crippen LogP) is 5.51. The number of rotatable bonds is 4. The van der Waals surface area contributed by atoms with E-state index in [-0.39, 0.29) is 6.10 Å². The van der Waals surface area contributed by atoms with E-state index in [1.54, 1.807) is 0 Å². The third-order valence-electron chi connectivity index (χ3n) is 3.87. The van der Waals surface area contributed by atoms with E-state index in [0.29, 0.717) is 16.5 Å². The van der Waals surface area contributed by atoms with Crippen molar-refractivity contribution in [3.05, 3.63) is 23.2 Å². The van der Waals surface area contributed by atoms with Gasteiger partial charge in [-0.2, -0.15) is 0 Å². The summed E-state index contributed by atoms with van der Waals surface area (Å²) in [6, 6.07) is 6.54. The van der Waals surface area contributed by atoms with Crippen molar-refractivity contribution >= 4 is 17.3 Å². The van der Waals surface area contributed by atoms with E-state index in [9.17, 15) is 0 Å². The largest absolute Gasteiger partial charge is 0.489 e. The predicted molar refractivity (Wildman–Crippen MR) is 86.9 cm³/mol. The molecule has 0 heterocycles. The highest BCUT2D eigenvalue weighted by atomic mass is 35.5. The lowest BCUT2D eigenvalue weighted by Gasteiger charge is -2.36. The Hall–Kier alpha value is -0.890. The number of halogens is 1. The van der Waals surface area contributed by atoms with Crippen LogP contribution in [0.4, 0.5) is 5.69 Å². The van der Waals surface area contributed by atoms with Crippen molar-refractivity contribution < 1.29 is 4.74 Å². The molecule has 20 heavy (non-hydrogen) atoms. The molecule has 1 aromatic rings. The van der Waals surface area contributed by atoms with Crippen LogP contribution in [0.1, 0.15) is 53.4 Å². The standard InChI is InChI=1S/C17H26ClNO/c1-12(2)20-16-8-7-13(10-15(16)18)19-14-6-5-9-17(3,4)11-14/h7-8,10,12,14,19H,5-6,9,11H2,1-4H3. The molecule has 2 nitrogen and oxygen atoms in total. The second-order valence-electron chi connectivity index (χ2n) is 6.91. The van der Waals surface area contributed by atoms with Crippen LogP contribution in [0, 0.1) is 5.41 Å². The zero-order chi connectivity index (χ0) is 14.8. The highest BCUT2D eigenvalue weighted by molar-refractivity contribution is 6.32. The Labute approximate surface area is 127 Å². The first-order chi connectivity index (χ1) is 9.35. The molecule has 2 rings (SSSR count). The fourth-order valence-electron chi connectivity index (χ4n) is 3.00. The zero-order valence-electron chi connectivity index (χ0n) is 13.0. The van der Waals surface area contributed by atoms with Crippen LogP contribution in [0.15, 0.2) is 18.2 Å². The number of benzene rings is 1. The molecule has 1 unspecified atom stereocenters. The highest BCUT2D eigenvalue weighted by Crippen LogP contribution is 2.37. The Morgan fingerprint density at radius 2 is 2.10 bits per heavy atom. The van der Waals surface area contributed by atoms with Crippen molar-refractivity contribution in [3.8, 4) is 5.75 Å². The molecule has 0 spiro atoms. The van der Waals surface area contributed by atoms with Crippen molar-refractivity contribution in [1.82, 2.24) is 0 Å². The van der Waals surface area contributed by atoms with Gasteiger partial charge in [0.2, 0.25) is 0 Å². The van der Waals surface area contributed by atoms with Crippen LogP contribution in [0.5, 0.6) is 5.75 Å². The van der Waals surface area contributed by atoms with E-state index in [2.05, 4.69) is 25.2 Å². The lowest BCUT2D eigenvalue weighted by molar-refractivity contribution is 0.229. The van der Waals surface area contributed by atoms with Crippen LogP contribution < -0.4 is 10.1 Å². The molecule has 1 aliphatic carbocycles.